The Morgan fingerprint density at radius 1 is 1.27 bits per heavy atom. The van der Waals surface area contributed by atoms with Gasteiger partial charge in [0, 0.05) is 5.57 Å². The minimum absolute atomic E-state index is 0.262. The van der Waals surface area contributed by atoms with E-state index < -0.39 is 5.60 Å². The highest BCUT2D eigenvalue weighted by molar-refractivity contribution is 5.87. The van der Waals surface area contributed by atoms with Gasteiger partial charge in [0.15, 0.2) is 0 Å². The highest BCUT2D eigenvalue weighted by Gasteiger charge is 2.36. The molecule has 0 aromatic heterocycles. The first-order valence-electron chi connectivity index (χ1n) is 5.66. The van der Waals surface area contributed by atoms with Crippen molar-refractivity contribution < 1.29 is 9.53 Å². The van der Waals surface area contributed by atoms with Crippen LogP contribution >= 0.6 is 0 Å². The third kappa shape index (κ3) is 3.37. The summed E-state index contributed by atoms with van der Waals surface area (Å²) in [4.78, 5) is 11.7. The van der Waals surface area contributed by atoms with Crippen LogP contribution < -0.4 is 0 Å². The van der Waals surface area contributed by atoms with Crippen molar-refractivity contribution in [1.82, 2.24) is 0 Å². The maximum Gasteiger partial charge on any atom is 0.333 e. The summed E-state index contributed by atoms with van der Waals surface area (Å²) < 4.78 is 5.58. The zero-order valence-electron chi connectivity index (χ0n) is 10.9. The van der Waals surface area contributed by atoms with E-state index in [2.05, 4.69) is 34.3 Å². The van der Waals surface area contributed by atoms with Gasteiger partial charge in [-0.05, 0) is 25.2 Å². The van der Waals surface area contributed by atoms with E-state index in [1.807, 2.05) is 13.8 Å². The monoisotopic (exact) mass is 212 g/mol. The Labute approximate surface area is 93.7 Å². The fourth-order valence-electron chi connectivity index (χ4n) is 1.32. The summed E-state index contributed by atoms with van der Waals surface area (Å²) in [6.45, 7) is 15.9. The Kier molecular flexibility index (Phi) is 5.06. The molecular weight excluding hydrogens is 188 g/mol. The van der Waals surface area contributed by atoms with E-state index in [0.29, 0.717) is 23.8 Å². The Balaban J connectivity index is 4.71. The summed E-state index contributed by atoms with van der Waals surface area (Å²) in [5, 5.41) is 0. The van der Waals surface area contributed by atoms with Crippen molar-refractivity contribution in [3.05, 3.63) is 12.2 Å². The molecule has 0 rings (SSSR count). The molecule has 88 valence electrons. The highest BCUT2D eigenvalue weighted by atomic mass is 16.6. The van der Waals surface area contributed by atoms with Crippen LogP contribution in [0.2, 0.25) is 0 Å². The molecule has 0 aliphatic heterocycles. The number of hydrogen-bond donors (Lipinski definition) is 0. The van der Waals surface area contributed by atoms with Crippen LogP contribution in [0, 0.1) is 11.8 Å². The number of esters is 1. The summed E-state index contributed by atoms with van der Waals surface area (Å²) >= 11 is 0. The second-order valence-corrected chi connectivity index (χ2v) is 4.84. The second-order valence-electron chi connectivity index (χ2n) is 4.84. The maximum atomic E-state index is 11.7. The van der Waals surface area contributed by atoms with E-state index in [1.165, 1.54) is 0 Å². The molecule has 0 fully saturated rings. The number of carbonyl (C=O) groups is 1. The molecule has 0 saturated carbocycles. The Hall–Kier alpha value is -0.790. The molecule has 0 heterocycles. The molecule has 0 spiro atoms. The van der Waals surface area contributed by atoms with Crippen LogP contribution in [0.15, 0.2) is 12.2 Å². The van der Waals surface area contributed by atoms with E-state index in [0.717, 1.165) is 0 Å². The maximum absolute atomic E-state index is 11.7. The molecule has 0 saturated heterocycles. The largest absolute Gasteiger partial charge is 0.455 e. The zero-order chi connectivity index (χ0) is 12.2. The first-order chi connectivity index (χ1) is 6.75. The lowest BCUT2D eigenvalue weighted by Gasteiger charge is -2.37. The normalized spacial score (nSPS) is 12.0. The van der Waals surface area contributed by atoms with Gasteiger partial charge in [0.25, 0.3) is 0 Å². The SMILES string of the molecule is C=C(CC)C(=O)OC(C)(C(C)C)C(C)C. The van der Waals surface area contributed by atoms with Crippen molar-refractivity contribution in [2.45, 2.75) is 53.6 Å². The van der Waals surface area contributed by atoms with Gasteiger partial charge >= 0.3 is 5.97 Å². The fraction of sp³-hybridized carbons (Fsp3) is 0.769. The predicted octanol–water partition coefficient (Wildman–Crippen LogP) is 3.57. The van der Waals surface area contributed by atoms with Gasteiger partial charge in [-0.3, -0.25) is 0 Å². The lowest BCUT2D eigenvalue weighted by molar-refractivity contribution is -0.163. The van der Waals surface area contributed by atoms with E-state index in [9.17, 15) is 4.79 Å². The van der Waals surface area contributed by atoms with Crippen LogP contribution in [0.5, 0.6) is 0 Å². The minimum atomic E-state index is -0.408. The number of rotatable bonds is 5. The fourth-order valence-corrected chi connectivity index (χ4v) is 1.32. The topological polar surface area (TPSA) is 26.3 Å². The van der Waals surface area contributed by atoms with E-state index in [-0.39, 0.29) is 5.97 Å². The molecule has 0 aliphatic carbocycles. The van der Waals surface area contributed by atoms with Crippen LogP contribution in [0.3, 0.4) is 0 Å². The van der Waals surface area contributed by atoms with E-state index >= 15 is 0 Å². The van der Waals surface area contributed by atoms with Gasteiger partial charge in [-0.1, -0.05) is 41.2 Å². The van der Waals surface area contributed by atoms with E-state index in [1.54, 1.807) is 0 Å². The second kappa shape index (κ2) is 5.34. The Morgan fingerprint density at radius 3 is 1.93 bits per heavy atom. The smallest absolute Gasteiger partial charge is 0.333 e. The number of hydrogen-bond acceptors (Lipinski definition) is 2. The van der Waals surface area contributed by atoms with Crippen molar-refractivity contribution in [2.24, 2.45) is 11.8 Å². The van der Waals surface area contributed by atoms with Crippen molar-refractivity contribution in [2.75, 3.05) is 0 Å². The Bertz CT molecular complexity index is 231. The minimum Gasteiger partial charge on any atom is -0.455 e. The molecule has 2 nitrogen and oxygen atoms in total. The molecule has 0 aliphatic rings. The molecule has 0 atom stereocenters. The zero-order valence-corrected chi connectivity index (χ0v) is 10.9. The predicted molar refractivity (Wildman–Crippen MR) is 63.6 cm³/mol. The summed E-state index contributed by atoms with van der Waals surface area (Å²) in [7, 11) is 0. The molecule has 2 heteroatoms. The lowest BCUT2D eigenvalue weighted by atomic mass is 9.82. The first kappa shape index (κ1) is 14.2. The van der Waals surface area contributed by atoms with Gasteiger partial charge in [0.05, 0.1) is 0 Å². The summed E-state index contributed by atoms with van der Waals surface area (Å²) in [6, 6.07) is 0. The highest BCUT2D eigenvalue weighted by Crippen LogP contribution is 2.30. The van der Waals surface area contributed by atoms with Crippen molar-refractivity contribution in [3.8, 4) is 0 Å². The summed E-state index contributed by atoms with van der Waals surface area (Å²) in [6.07, 6.45) is 0.644. The molecule has 0 aromatic carbocycles. The van der Waals surface area contributed by atoms with Crippen LogP contribution in [-0.2, 0) is 9.53 Å². The van der Waals surface area contributed by atoms with Gasteiger partial charge in [-0.25, -0.2) is 4.79 Å². The van der Waals surface area contributed by atoms with E-state index in [4.69, 9.17) is 4.74 Å². The Morgan fingerprint density at radius 2 is 1.67 bits per heavy atom. The van der Waals surface area contributed by atoms with Crippen LogP contribution in [0.25, 0.3) is 0 Å². The molecule has 15 heavy (non-hydrogen) atoms. The standard InChI is InChI=1S/C13H24O2/c1-8-11(6)12(14)15-13(7,9(2)3)10(4)5/h9-10H,6,8H2,1-5,7H3. The van der Waals surface area contributed by atoms with Gasteiger partial charge < -0.3 is 4.74 Å². The van der Waals surface area contributed by atoms with Gasteiger partial charge in [-0.15, -0.1) is 0 Å². The molecule has 0 radical (unpaired) electrons. The molecule has 0 aromatic rings. The summed E-state index contributed by atoms with van der Waals surface area (Å²) in [5.74, 6) is 0.333. The third-order valence-electron chi connectivity index (χ3n) is 3.32. The lowest BCUT2D eigenvalue weighted by Crippen LogP contribution is -2.42. The first-order valence-corrected chi connectivity index (χ1v) is 5.66. The molecule has 0 N–H and O–H groups in total. The van der Waals surface area contributed by atoms with Gasteiger partial charge in [0.1, 0.15) is 5.60 Å². The quantitative estimate of drug-likeness (QED) is 0.514. The summed E-state index contributed by atoms with van der Waals surface area (Å²) in [5.41, 5.74) is 0.136. The number of carbonyl (C=O) groups excluding carboxylic acids is 1. The van der Waals surface area contributed by atoms with Crippen LogP contribution in [0.1, 0.15) is 48.0 Å². The number of ether oxygens (including phenoxy) is 1. The van der Waals surface area contributed by atoms with Crippen molar-refractivity contribution in [1.29, 1.82) is 0 Å². The van der Waals surface area contributed by atoms with Crippen molar-refractivity contribution >= 4 is 5.97 Å². The molecule has 0 amide bonds. The van der Waals surface area contributed by atoms with Gasteiger partial charge in [0.2, 0.25) is 0 Å². The molecule has 0 unspecified atom stereocenters. The molecule has 0 bridgehead atoms. The average Bonchev–Trinajstić information content (AvgIpc) is 2.15. The van der Waals surface area contributed by atoms with Crippen LogP contribution in [0.4, 0.5) is 0 Å². The van der Waals surface area contributed by atoms with Gasteiger partial charge in [-0.2, -0.15) is 0 Å². The van der Waals surface area contributed by atoms with Crippen LogP contribution in [-0.4, -0.2) is 11.6 Å². The average molecular weight is 212 g/mol. The van der Waals surface area contributed by atoms with Crippen molar-refractivity contribution in [3.63, 3.8) is 0 Å². The third-order valence-corrected chi connectivity index (χ3v) is 3.32. The molecular formula is C13H24O2.